The number of aliphatic imine (C=N–C) groups is 1. The molecule has 0 saturated heterocycles. The normalized spacial score (nSPS) is 22.8. The predicted octanol–water partition coefficient (Wildman–Crippen LogP) is 2.33. The Kier molecular flexibility index (Phi) is 2.13. The third-order valence-corrected chi connectivity index (χ3v) is 3.39. The van der Waals surface area contributed by atoms with Crippen molar-refractivity contribution in [1.29, 1.82) is 0 Å². The molecule has 0 spiro atoms. The van der Waals surface area contributed by atoms with Crippen molar-refractivity contribution in [2.24, 2.45) is 10.7 Å². The summed E-state index contributed by atoms with van der Waals surface area (Å²) in [6.07, 6.45) is 4.79. The van der Waals surface area contributed by atoms with Crippen LogP contribution < -0.4 is 10.5 Å². The first-order valence-corrected chi connectivity index (χ1v) is 5.90. The van der Waals surface area contributed by atoms with Crippen molar-refractivity contribution >= 4 is 11.5 Å². The summed E-state index contributed by atoms with van der Waals surface area (Å²) in [7, 11) is 0. The Morgan fingerprint density at radius 3 is 2.69 bits per heavy atom. The molecule has 1 unspecified atom stereocenters. The van der Waals surface area contributed by atoms with Gasteiger partial charge in [-0.1, -0.05) is 0 Å². The SMILES string of the molecule is CC1Oc2cc3c(cc2N=C1N)CCCC3. The molecule has 0 amide bonds. The molecule has 84 valence electrons. The molecule has 0 radical (unpaired) electrons. The van der Waals surface area contributed by atoms with Gasteiger partial charge in [0.05, 0.1) is 0 Å². The molecule has 2 aliphatic rings. The standard InChI is InChI=1S/C13H16N2O/c1-8-13(14)15-11-6-9-4-2-3-5-10(9)7-12(11)16-8/h6-8H,2-5H2,1H3,(H2,14,15). The highest BCUT2D eigenvalue weighted by Gasteiger charge is 2.21. The molecular weight excluding hydrogens is 200 g/mol. The highest BCUT2D eigenvalue weighted by atomic mass is 16.5. The number of benzene rings is 1. The number of nitrogens with zero attached hydrogens (tertiary/aromatic N) is 1. The topological polar surface area (TPSA) is 47.6 Å². The van der Waals surface area contributed by atoms with Gasteiger partial charge >= 0.3 is 0 Å². The van der Waals surface area contributed by atoms with Crippen molar-refractivity contribution in [2.75, 3.05) is 0 Å². The van der Waals surface area contributed by atoms with Crippen molar-refractivity contribution in [3.05, 3.63) is 23.3 Å². The Hall–Kier alpha value is -1.51. The Morgan fingerprint density at radius 2 is 1.94 bits per heavy atom. The molecular formula is C13H16N2O. The number of aryl methyl sites for hydroxylation is 2. The number of hydrogen-bond acceptors (Lipinski definition) is 3. The number of hydrogen-bond donors (Lipinski definition) is 1. The summed E-state index contributed by atoms with van der Waals surface area (Å²) >= 11 is 0. The number of ether oxygens (including phenoxy) is 1. The minimum Gasteiger partial charge on any atom is -0.481 e. The minimum absolute atomic E-state index is 0.103. The summed E-state index contributed by atoms with van der Waals surface area (Å²) in [4.78, 5) is 4.40. The largest absolute Gasteiger partial charge is 0.481 e. The van der Waals surface area contributed by atoms with Crippen LogP contribution in [-0.2, 0) is 12.8 Å². The van der Waals surface area contributed by atoms with E-state index in [0.717, 1.165) is 17.9 Å². The molecule has 3 heteroatoms. The van der Waals surface area contributed by atoms with Crippen molar-refractivity contribution in [2.45, 2.75) is 38.7 Å². The van der Waals surface area contributed by atoms with E-state index in [9.17, 15) is 0 Å². The molecule has 1 aliphatic heterocycles. The fourth-order valence-corrected chi connectivity index (χ4v) is 2.41. The van der Waals surface area contributed by atoms with Crippen molar-refractivity contribution in [3.8, 4) is 5.75 Å². The summed E-state index contributed by atoms with van der Waals surface area (Å²) in [6.45, 7) is 1.93. The van der Waals surface area contributed by atoms with E-state index in [2.05, 4.69) is 17.1 Å². The van der Waals surface area contributed by atoms with Crippen LogP contribution in [0.3, 0.4) is 0 Å². The van der Waals surface area contributed by atoms with Crippen LogP contribution in [-0.4, -0.2) is 11.9 Å². The molecule has 0 aromatic heterocycles. The molecule has 1 heterocycles. The molecule has 0 saturated carbocycles. The van der Waals surface area contributed by atoms with E-state index in [0.29, 0.717) is 5.84 Å². The Bertz CT molecular complexity index is 465. The summed E-state index contributed by atoms with van der Waals surface area (Å²) in [5, 5.41) is 0. The number of rotatable bonds is 0. The maximum absolute atomic E-state index is 5.79. The second-order valence-corrected chi connectivity index (χ2v) is 4.59. The lowest BCUT2D eigenvalue weighted by molar-refractivity contribution is 0.281. The zero-order valence-corrected chi connectivity index (χ0v) is 9.49. The molecule has 16 heavy (non-hydrogen) atoms. The highest BCUT2D eigenvalue weighted by molar-refractivity contribution is 5.89. The van der Waals surface area contributed by atoms with Crippen LogP contribution in [0.5, 0.6) is 5.75 Å². The maximum Gasteiger partial charge on any atom is 0.153 e. The van der Waals surface area contributed by atoms with Gasteiger partial charge < -0.3 is 10.5 Å². The van der Waals surface area contributed by atoms with Crippen LogP contribution in [0.15, 0.2) is 17.1 Å². The van der Waals surface area contributed by atoms with Gasteiger partial charge in [-0.25, -0.2) is 4.99 Å². The van der Waals surface area contributed by atoms with Crippen molar-refractivity contribution in [1.82, 2.24) is 0 Å². The lowest BCUT2D eigenvalue weighted by atomic mass is 9.91. The fourth-order valence-electron chi connectivity index (χ4n) is 2.41. The molecule has 0 bridgehead atoms. The summed E-state index contributed by atoms with van der Waals surface area (Å²) in [6, 6.07) is 4.29. The number of fused-ring (bicyclic) bond motifs is 2. The average molecular weight is 216 g/mol. The van der Waals surface area contributed by atoms with Gasteiger partial charge in [0, 0.05) is 0 Å². The van der Waals surface area contributed by atoms with Crippen LogP contribution in [0, 0.1) is 0 Å². The van der Waals surface area contributed by atoms with Crippen LogP contribution in [0.2, 0.25) is 0 Å². The molecule has 0 fully saturated rings. The summed E-state index contributed by atoms with van der Waals surface area (Å²) < 4.78 is 5.75. The van der Waals surface area contributed by atoms with Crippen molar-refractivity contribution in [3.63, 3.8) is 0 Å². The van der Waals surface area contributed by atoms with Crippen LogP contribution in [0.25, 0.3) is 0 Å². The zero-order valence-electron chi connectivity index (χ0n) is 9.49. The van der Waals surface area contributed by atoms with Gasteiger partial charge in [-0.05, 0) is 55.9 Å². The first kappa shape index (κ1) is 9.70. The second-order valence-electron chi connectivity index (χ2n) is 4.59. The molecule has 1 aromatic rings. The molecule has 1 atom stereocenters. The first-order chi connectivity index (χ1) is 7.74. The Labute approximate surface area is 95.3 Å². The van der Waals surface area contributed by atoms with Crippen LogP contribution in [0.4, 0.5) is 5.69 Å². The van der Waals surface area contributed by atoms with E-state index in [-0.39, 0.29) is 6.10 Å². The highest BCUT2D eigenvalue weighted by Crippen LogP contribution is 2.37. The number of amidine groups is 1. The summed E-state index contributed by atoms with van der Waals surface area (Å²) in [5.41, 5.74) is 9.53. The minimum atomic E-state index is -0.103. The van der Waals surface area contributed by atoms with Gasteiger partial charge in [-0.2, -0.15) is 0 Å². The van der Waals surface area contributed by atoms with Gasteiger partial charge in [0.1, 0.15) is 17.3 Å². The molecule has 3 nitrogen and oxygen atoms in total. The molecule has 2 N–H and O–H groups in total. The van der Waals surface area contributed by atoms with Gasteiger partial charge in [0.15, 0.2) is 6.10 Å². The molecule has 1 aliphatic carbocycles. The van der Waals surface area contributed by atoms with Gasteiger partial charge in [0.2, 0.25) is 0 Å². The third kappa shape index (κ3) is 1.47. The van der Waals surface area contributed by atoms with E-state index < -0.39 is 0 Å². The van der Waals surface area contributed by atoms with Crippen LogP contribution in [0.1, 0.15) is 30.9 Å². The van der Waals surface area contributed by atoms with E-state index in [1.807, 2.05) is 6.92 Å². The number of nitrogens with two attached hydrogens (primary N) is 1. The second kappa shape index (κ2) is 3.51. The molecule has 3 rings (SSSR count). The quantitative estimate of drug-likeness (QED) is 0.723. The van der Waals surface area contributed by atoms with Gasteiger partial charge in [-0.3, -0.25) is 0 Å². The lowest BCUT2D eigenvalue weighted by Gasteiger charge is -2.24. The molecule has 1 aromatic carbocycles. The van der Waals surface area contributed by atoms with Crippen molar-refractivity contribution < 1.29 is 4.74 Å². The van der Waals surface area contributed by atoms with Gasteiger partial charge in [-0.15, -0.1) is 0 Å². The van der Waals surface area contributed by atoms with E-state index in [1.165, 1.54) is 30.4 Å². The Morgan fingerprint density at radius 1 is 1.25 bits per heavy atom. The van der Waals surface area contributed by atoms with E-state index in [1.54, 1.807) is 0 Å². The summed E-state index contributed by atoms with van der Waals surface area (Å²) in [5.74, 6) is 1.46. The third-order valence-electron chi connectivity index (χ3n) is 3.39. The van der Waals surface area contributed by atoms with Crippen LogP contribution >= 0.6 is 0 Å². The smallest absolute Gasteiger partial charge is 0.153 e. The van der Waals surface area contributed by atoms with E-state index in [4.69, 9.17) is 10.5 Å². The average Bonchev–Trinajstić information content (AvgIpc) is 2.28. The zero-order chi connectivity index (χ0) is 11.1. The first-order valence-electron chi connectivity index (χ1n) is 5.90. The monoisotopic (exact) mass is 216 g/mol. The Balaban J connectivity index is 2.09. The van der Waals surface area contributed by atoms with E-state index >= 15 is 0 Å². The maximum atomic E-state index is 5.79. The lowest BCUT2D eigenvalue weighted by Crippen LogP contribution is -2.33. The van der Waals surface area contributed by atoms with Gasteiger partial charge in [0.25, 0.3) is 0 Å². The fraction of sp³-hybridized carbons (Fsp3) is 0.462. The predicted molar refractivity (Wildman–Crippen MR) is 64.5 cm³/mol.